The number of para-hydroxylation sites is 2. The summed E-state index contributed by atoms with van der Waals surface area (Å²) in [7, 11) is 0. The highest BCUT2D eigenvalue weighted by Gasteiger charge is 2.40. The number of benzene rings is 2. The molecule has 0 unspecified atom stereocenters. The molecule has 0 saturated carbocycles. The van der Waals surface area contributed by atoms with Gasteiger partial charge in [0.2, 0.25) is 0 Å². The van der Waals surface area contributed by atoms with Gasteiger partial charge in [-0.3, -0.25) is 9.69 Å². The second-order valence-corrected chi connectivity index (χ2v) is 7.36. The molecule has 0 bridgehead atoms. The molecule has 2 aliphatic heterocycles. The second-order valence-electron chi connectivity index (χ2n) is 7.36. The minimum absolute atomic E-state index is 0.0455. The lowest BCUT2D eigenvalue weighted by atomic mass is 9.92. The number of rotatable bonds is 5. The zero-order chi connectivity index (χ0) is 18.5. The Balaban J connectivity index is 1.34. The molecule has 4 rings (SSSR count). The van der Waals surface area contributed by atoms with Gasteiger partial charge in [0.25, 0.3) is 5.91 Å². The Hall–Kier alpha value is -2.53. The van der Waals surface area contributed by atoms with Crippen LogP contribution in [0, 0.1) is 0 Å². The van der Waals surface area contributed by atoms with E-state index in [0.717, 1.165) is 44.6 Å². The number of fused-ring (bicyclic) bond motifs is 1. The molecule has 27 heavy (non-hydrogen) atoms. The molecule has 2 aromatic carbocycles. The van der Waals surface area contributed by atoms with Crippen LogP contribution in [0.25, 0.3) is 0 Å². The number of piperidine rings is 1. The minimum atomic E-state index is -0.346. The first-order chi connectivity index (χ1) is 13.2. The summed E-state index contributed by atoms with van der Waals surface area (Å²) in [5.74, 6) is 1.57. The van der Waals surface area contributed by atoms with Crippen molar-refractivity contribution in [3.63, 3.8) is 0 Å². The Bertz CT molecular complexity index is 780. The Kier molecular flexibility index (Phi) is 5.30. The van der Waals surface area contributed by atoms with Crippen LogP contribution in [0.15, 0.2) is 54.6 Å². The predicted molar refractivity (Wildman–Crippen MR) is 104 cm³/mol. The van der Waals surface area contributed by atoms with E-state index in [-0.39, 0.29) is 11.5 Å². The van der Waals surface area contributed by atoms with Gasteiger partial charge in [-0.15, -0.1) is 0 Å². The van der Waals surface area contributed by atoms with E-state index in [1.54, 1.807) is 0 Å². The van der Waals surface area contributed by atoms with E-state index >= 15 is 0 Å². The molecule has 1 amide bonds. The van der Waals surface area contributed by atoms with Gasteiger partial charge in [-0.25, -0.2) is 0 Å². The van der Waals surface area contributed by atoms with Crippen LogP contribution in [0.3, 0.4) is 0 Å². The van der Waals surface area contributed by atoms with Crippen molar-refractivity contribution in [1.29, 1.82) is 0 Å². The van der Waals surface area contributed by atoms with E-state index in [1.807, 2.05) is 54.6 Å². The standard InChI is InChI=1S/C22H26N2O3/c25-21-19-10-4-5-11-20(19)27-22(16-23-21)12-6-13-24(17-22)14-7-15-26-18-8-2-1-3-9-18/h1-5,8-11H,6-7,12-17H2,(H,23,25)/t22-/m0/s1. The van der Waals surface area contributed by atoms with Gasteiger partial charge in [0.15, 0.2) is 0 Å². The number of nitrogens with one attached hydrogen (secondary N) is 1. The summed E-state index contributed by atoms with van der Waals surface area (Å²) in [5, 5.41) is 3.06. The molecule has 5 nitrogen and oxygen atoms in total. The van der Waals surface area contributed by atoms with Crippen LogP contribution in [0.2, 0.25) is 0 Å². The molecule has 142 valence electrons. The largest absolute Gasteiger partial charge is 0.494 e. The monoisotopic (exact) mass is 366 g/mol. The third-order valence-electron chi connectivity index (χ3n) is 5.28. The first-order valence-electron chi connectivity index (χ1n) is 9.71. The van der Waals surface area contributed by atoms with Crippen LogP contribution in [0.1, 0.15) is 29.6 Å². The van der Waals surface area contributed by atoms with E-state index in [1.165, 1.54) is 0 Å². The van der Waals surface area contributed by atoms with Gasteiger partial charge in [0, 0.05) is 13.1 Å². The number of nitrogens with zero attached hydrogens (tertiary/aromatic N) is 1. The van der Waals surface area contributed by atoms with Crippen molar-refractivity contribution in [1.82, 2.24) is 10.2 Å². The highest BCUT2D eigenvalue weighted by molar-refractivity contribution is 5.97. The SMILES string of the molecule is O=C1NC[C@]2(CCCN(CCCOc3ccccc3)C2)Oc2ccccc21. The number of hydrogen-bond acceptors (Lipinski definition) is 4. The van der Waals surface area contributed by atoms with Crippen molar-refractivity contribution in [2.24, 2.45) is 0 Å². The van der Waals surface area contributed by atoms with Crippen LogP contribution in [-0.4, -0.2) is 49.2 Å². The molecule has 1 N–H and O–H groups in total. The molecule has 1 saturated heterocycles. The number of carbonyl (C=O) groups is 1. The fraction of sp³-hybridized carbons (Fsp3) is 0.409. The summed E-state index contributed by atoms with van der Waals surface area (Å²) in [6, 6.07) is 17.4. The van der Waals surface area contributed by atoms with Crippen LogP contribution in [-0.2, 0) is 0 Å². The van der Waals surface area contributed by atoms with Crippen molar-refractivity contribution in [2.75, 3.05) is 32.8 Å². The fourth-order valence-electron chi connectivity index (χ4n) is 3.95. The third-order valence-corrected chi connectivity index (χ3v) is 5.28. The zero-order valence-corrected chi connectivity index (χ0v) is 15.5. The van der Waals surface area contributed by atoms with E-state index in [4.69, 9.17) is 9.47 Å². The average Bonchev–Trinajstić information content (AvgIpc) is 2.83. The van der Waals surface area contributed by atoms with Crippen LogP contribution >= 0.6 is 0 Å². The van der Waals surface area contributed by atoms with Crippen LogP contribution < -0.4 is 14.8 Å². The number of ether oxygens (including phenoxy) is 2. The Morgan fingerprint density at radius 1 is 1.11 bits per heavy atom. The Morgan fingerprint density at radius 3 is 2.81 bits per heavy atom. The molecule has 0 aliphatic carbocycles. The van der Waals surface area contributed by atoms with E-state index in [0.29, 0.717) is 24.5 Å². The smallest absolute Gasteiger partial charge is 0.255 e. The van der Waals surface area contributed by atoms with Gasteiger partial charge in [0.1, 0.15) is 17.1 Å². The average molecular weight is 366 g/mol. The molecule has 1 fully saturated rings. The van der Waals surface area contributed by atoms with Gasteiger partial charge in [-0.05, 0) is 50.1 Å². The normalized spacial score (nSPS) is 22.4. The summed E-state index contributed by atoms with van der Waals surface area (Å²) < 4.78 is 12.2. The highest BCUT2D eigenvalue weighted by Crippen LogP contribution is 2.32. The Morgan fingerprint density at radius 2 is 1.93 bits per heavy atom. The lowest BCUT2D eigenvalue weighted by molar-refractivity contribution is -0.00540. The lowest BCUT2D eigenvalue weighted by Gasteiger charge is -2.42. The molecule has 1 atom stereocenters. The van der Waals surface area contributed by atoms with Gasteiger partial charge in [0.05, 0.1) is 18.7 Å². The first kappa shape index (κ1) is 17.9. The predicted octanol–water partition coefficient (Wildman–Crippen LogP) is 3.11. The number of carbonyl (C=O) groups excluding carboxylic acids is 1. The van der Waals surface area contributed by atoms with E-state index in [2.05, 4.69) is 10.2 Å². The molecular formula is C22H26N2O3. The molecular weight excluding hydrogens is 340 g/mol. The van der Waals surface area contributed by atoms with Gasteiger partial charge in [-0.1, -0.05) is 30.3 Å². The quantitative estimate of drug-likeness (QED) is 0.826. The lowest BCUT2D eigenvalue weighted by Crippen LogP contribution is -2.56. The molecule has 0 aromatic heterocycles. The van der Waals surface area contributed by atoms with E-state index in [9.17, 15) is 4.79 Å². The van der Waals surface area contributed by atoms with Crippen molar-refractivity contribution < 1.29 is 14.3 Å². The highest BCUT2D eigenvalue weighted by atomic mass is 16.5. The summed E-state index contributed by atoms with van der Waals surface area (Å²) in [6.45, 7) is 4.11. The van der Waals surface area contributed by atoms with Crippen LogP contribution in [0.4, 0.5) is 0 Å². The van der Waals surface area contributed by atoms with Gasteiger partial charge >= 0.3 is 0 Å². The third kappa shape index (κ3) is 4.25. The number of likely N-dealkylation sites (tertiary alicyclic amines) is 1. The minimum Gasteiger partial charge on any atom is -0.494 e. The summed E-state index contributed by atoms with van der Waals surface area (Å²) in [5.41, 5.74) is 0.281. The fourth-order valence-corrected chi connectivity index (χ4v) is 3.95. The van der Waals surface area contributed by atoms with Crippen molar-refractivity contribution in [3.05, 3.63) is 60.2 Å². The molecule has 1 spiro atoms. The zero-order valence-electron chi connectivity index (χ0n) is 15.5. The second kappa shape index (κ2) is 8.01. The maximum absolute atomic E-state index is 12.3. The van der Waals surface area contributed by atoms with Crippen molar-refractivity contribution in [2.45, 2.75) is 24.9 Å². The molecule has 2 aliphatic rings. The summed E-state index contributed by atoms with van der Waals surface area (Å²) >= 11 is 0. The summed E-state index contributed by atoms with van der Waals surface area (Å²) in [6.07, 6.45) is 2.99. The molecule has 5 heteroatoms. The van der Waals surface area contributed by atoms with Crippen molar-refractivity contribution in [3.8, 4) is 11.5 Å². The Labute approximate surface area is 160 Å². The summed E-state index contributed by atoms with van der Waals surface area (Å²) in [4.78, 5) is 14.8. The van der Waals surface area contributed by atoms with Gasteiger partial charge < -0.3 is 14.8 Å². The molecule has 2 heterocycles. The topological polar surface area (TPSA) is 50.8 Å². The van der Waals surface area contributed by atoms with Crippen LogP contribution in [0.5, 0.6) is 11.5 Å². The first-order valence-corrected chi connectivity index (χ1v) is 9.71. The number of hydrogen-bond donors (Lipinski definition) is 1. The van der Waals surface area contributed by atoms with Gasteiger partial charge in [-0.2, -0.15) is 0 Å². The molecule has 2 aromatic rings. The maximum Gasteiger partial charge on any atom is 0.255 e. The van der Waals surface area contributed by atoms with Crippen molar-refractivity contribution >= 4 is 5.91 Å². The number of amides is 1. The van der Waals surface area contributed by atoms with E-state index < -0.39 is 0 Å². The maximum atomic E-state index is 12.3. The molecule has 0 radical (unpaired) electrons.